The maximum atomic E-state index is 12.8. The zero-order valence-corrected chi connectivity index (χ0v) is 18.1. The van der Waals surface area contributed by atoms with E-state index in [-0.39, 0.29) is 21.7 Å². The fourth-order valence-corrected chi connectivity index (χ4v) is 4.01. The van der Waals surface area contributed by atoms with E-state index in [0.717, 1.165) is 9.87 Å². The van der Waals surface area contributed by atoms with Crippen molar-refractivity contribution in [3.05, 3.63) is 99.6 Å². The van der Waals surface area contributed by atoms with Gasteiger partial charge < -0.3 is 0 Å². The highest BCUT2D eigenvalue weighted by atomic mass is 32.2. The number of carbonyl (C=O) groups excluding carboxylic acids is 1. The van der Waals surface area contributed by atoms with Gasteiger partial charge in [-0.05, 0) is 49.4 Å². The van der Waals surface area contributed by atoms with Gasteiger partial charge in [-0.15, -0.1) is 0 Å². The molecule has 0 aliphatic carbocycles. The number of aryl methyl sites for hydroxylation is 1. The van der Waals surface area contributed by atoms with Gasteiger partial charge in [-0.25, -0.2) is 13.8 Å². The Balaban J connectivity index is 1.70. The van der Waals surface area contributed by atoms with E-state index in [0.29, 0.717) is 5.69 Å². The Morgan fingerprint density at radius 1 is 1.03 bits per heavy atom. The number of nitro groups is 1. The number of para-hydroxylation sites is 1. The molecule has 0 saturated heterocycles. The number of nitro benzene ring substituents is 1. The number of anilines is 1. The number of sulfonamides is 1. The van der Waals surface area contributed by atoms with Crippen LogP contribution in [-0.4, -0.2) is 32.5 Å². The number of hydrogen-bond acceptors (Lipinski definition) is 6. The molecule has 1 N–H and O–H groups in total. The number of nitrogens with one attached hydrogen (secondary N) is 1. The third-order valence-electron chi connectivity index (χ3n) is 4.68. The highest BCUT2D eigenvalue weighted by molar-refractivity contribution is 7.92. The van der Waals surface area contributed by atoms with Gasteiger partial charge >= 0.3 is 0 Å². The van der Waals surface area contributed by atoms with E-state index in [4.69, 9.17) is 0 Å². The van der Waals surface area contributed by atoms with Gasteiger partial charge in [0.25, 0.3) is 21.6 Å². The van der Waals surface area contributed by atoms with Crippen molar-refractivity contribution in [2.24, 2.45) is 5.10 Å². The number of nitrogens with zero attached hydrogens (tertiary/aromatic N) is 3. The first kappa shape index (κ1) is 22.6. The average Bonchev–Trinajstić information content (AvgIpc) is 2.79. The van der Waals surface area contributed by atoms with Gasteiger partial charge in [0.2, 0.25) is 0 Å². The topological polar surface area (TPSA) is 122 Å². The molecule has 0 aromatic heterocycles. The van der Waals surface area contributed by atoms with Crippen LogP contribution in [0.4, 0.5) is 11.4 Å². The van der Waals surface area contributed by atoms with Crippen LogP contribution >= 0.6 is 0 Å². The Morgan fingerprint density at radius 2 is 1.66 bits per heavy atom. The predicted octanol–water partition coefficient (Wildman–Crippen LogP) is 3.49. The predicted molar refractivity (Wildman–Crippen MR) is 121 cm³/mol. The summed E-state index contributed by atoms with van der Waals surface area (Å²) in [6.07, 6.45) is 1.19. The maximum Gasteiger partial charge on any atom is 0.278 e. The van der Waals surface area contributed by atoms with Crippen LogP contribution in [-0.2, 0) is 10.0 Å². The van der Waals surface area contributed by atoms with Crippen LogP contribution in [0.3, 0.4) is 0 Å². The first-order chi connectivity index (χ1) is 15.2. The highest BCUT2D eigenvalue weighted by Crippen LogP contribution is 2.22. The summed E-state index contributed by atoms with van der Waals surface area (Å²) in [4.78, 5) is 22.9. The lowest BCUT2D eigenvalue weighted by Gasteiger charge is -2.19. The zero-order chi connectivity index (χ0) is 23.3. The van der Waals surface area contributed by atoms with E-state index in [1.807, 2.05) is 6.92 Å². The first-order valence-electron chi connectivity index (χ1n) is 9.42. The van der Waals surface area contributed by atoms with Crippen molar-refractivity contribution in [3.63, 3.8) is 0 Å². The van der Waals surface area contributed by atoms with E-state index in [1.165, 1.54) is 67.9 Å². The molecule has 0 unspecified atom stereocenters. The van der Waals surface area contributed by atoms with Crippen LogP contribution in [0.5, 0.6) is 0 Å². The number of benzene rings is 3. The summed E-state index contributed by atoms with van der Waals surface area (Å²) in [6, 6.07) is 18.5. The van der Waals surface area contributed by atoms with Gasteiger partial charge in [-0.3, -0.25) is 19.2 Å². The van der Waals surface area contributed by atoms with Crippen molar-refractivity contribution in [1.29, 1.82) is 0 Å². The fourth-order valence-electron chi connectivity index (χ4n) is 2.82. The lowest BCUT2D eigenvalue weighted by Crippen LogP contribution is -2.26. The summed E-state index contributed by atoms with van der Waals surface area (Å²) in [5, 5.41) is 14.8. The normalized spacial score (nSPS) is 11.3. The van der Waals surface area contributed by atoms with Crippen LogP contribution in [0.15, 0.2) is 82.8 Å². The van der Waals surface area contributed by atoms with Crippen LogP contribution in [0.25, 0.3) is 0 Å². The molecule has 0 radical (unpaired) electrons. The monoisotopic (exact) mass is 452 g/mol. The average molecular weight is 452 g/mol. The second-order valence-corrected chi connectivity index (χ2v) is 8.82. The highest BCUT2D eigenvalue weighted by Gasteiger charge is 2.21. The van der Waals surface area contributed by atoms with Crippen molar-refractivity contribution in [1.82, 2.24) is 5.43 Å². The molecule has 0 fully saturated rings. The molecule has 1 amide bonds. The second-order valence-electron chi connectivity index (χ2n) is 6.85. The fraction of sp³-hybridized carbons (Fsp3) is 0.0909. The number of hydrogen-bond donors (Lipinski definition) is 1. The van der Waals surface area contributed by atoms with E-state index in [2.05, 4.69) is 10.5 Å². The molecule has 3 aromatic rings. The molecule has 10 heteroatoms. The summed E-state index contributed by atoms with van der Waals surface area (Å²) >= 11 is 0. The second kappa shape index (κ2) is 9.40. The van der Waals surface area contributed by atoms with Gasteiger partial charge in [-0.2, -0.15) is 5.10 Å². The molecule has 0 spiro atoms. The molecule has 0 aliphatic rings. The molecule has 3 aromatic carbocycles. The Bertz CT molecular complexity index is 1270. The SMILES string of the molecule is Cc1ccc(S(=O)(=O)N(C)c2ccc(C(=O)N/N=C\c3ccccc3[N+](=O)[O-])cc2)cc1. The summed E-state index contributed by atoms with van der Waals surface area (Å²) in [6.45, 7) is 1.87. The van der Waals surface area contributed by atoms with E-state index >= 15 is 0 Å². The minimum Gasteiger partial charge on any atom is -0.269 e. The molecule has 9 nitrogen and oxygen atoms in total. The van der Waals surface area contributed by atoms with Crippen LogP contribution in [0.2, 0.25) is 0 Å². The summed E-state index contributed by atoms with van der Waals surface area (Å²) in [5.74, 6) is -0.546. The summed E-state index contributed by atoms with van der Waals surface area (Å²) in [5.41, 5.74) is 3.99. The Hall–Kier alpha value is -4.05. The number of carbonyl (C=O) groups is 1. The number of hydrazone groups is 1. The van der Waals surface area contributed by atoms with Crippen molar-refractivity contribution in [3.8, 4) is 0 Å². The molecule has 164 valence electrons. The van der Waals surface area contributed by atoms with Gasteiger partial charge in [-0.1, -0.05) is 29.8 Å². The molecule has 0 saturated carbocycles. The van der Waals surface area contributed by atoms with E-state index in [1.54, 1.807) is 18.2 Å². The standard InChI is InChI=1S/C22H20N4O5S/c1-16-7-13-20(14-8-16)32(30,31)25(2)19-11-9-17(10-12-19)22(27)24-23-15-18-5-3-4-6-21(18)26(28)29/h3-15H,1-2H3,(H,24,27)/b23-15-. The molecule has 3 rings (SSSR count). The largest absolute Gasteiger partial charge is 0.278 e. The Kier molecular flexibility index (Phi) is 6.64. The molecule has 0 aliphatic heterocycles. The first-order valence-corrected chi connectivity index (χ1v) is 10.9. The van der Waals surface area contributed by atoms with Crippen molar-refractivity contribution >= 4 is 33.5 Å². The van der Waals surface area contributed by atoms with Crippen molar-refractivity contribution in [2.75, 3.05) is 11.4 Å². The zero-order valence-electron chi connectivity index (χ0n) is 17.3. The van der Waals surface area contributed by atoms with Gasteiger partial charge in [0.15, 0.2) is 0 Å². The molecule has 0 bridgehead atoms. The summed E-state index contributed by atoms with van der Waals surface area (Å²) < 4.78 is 26.7. The summed E-state index contributed by atoms with van der Waals surface area (Å²) in [7, 11) is -2.31. The minimum absolute atomic E-state index is 0.132. The Morgan fingerprint density at radius 3 is 2.28 bits per heavy atom. The maximum absolute atomic E-state index is 12.8. The lowest BCUT2D eigenvalue weighted by molar-refractivity contribution is -0.385. The molecule has 0 atom stereocenters. The van der Waals surface area contributed by atoms with Gasteiger partial charge in [0, 0.05) is 18.7 Å². The molecule has 0 heterocycles. The number of amides is 1. The van der Waals surface area contributed by atoms with Crippen molar-refractivity contribution < 1.29 is 18.1 Å². The third-order valence-corrected chi connectivity index (χ3v) is 6.48. The number of rotatable bonds is 7. The van der Waals surface area contributed by atoms with Crippen LogP contribution < -0.4 is 9.73 Å². The smallest absolute Gasteiger partial charge is 0.269 e. The molecule has 32 heavy (non-hydrogen) atoms. The van der Waals surface area contributed by atoms with Crippen LogP contribution in [0, 0.1) is 17.0 Å². The molecular formula is C22H20N4O5S. The quantitative estimate of drug-likeness (QED) is 0.334. The van der Waals surface area contributed by atoms with Crippen molar-refractivity contribution in [2.45, 2.75) is 11.8 Å². The third kappa shape index (κ3) is 4.98. The lowest BCUT2D eigenvalue weighted by atomic mass is 10.2. The van der Waals surface area contributed by atoms with E-state index < -0.39 is 20.9 Å². The minimum atomic E-state index is -3.74. The molecular weight excluding hydrogens is 432 g/mol. The Labute approximate surface area is 185 Å². The van der Waals surface area contributed by atoms with E-state index in [9.17, 15) is 23.3 Å². The van der Waals surface area contributed by atoms with Crippen LogP contribution in [0.1, 0.15) is 21.5 Å². The van der Waals surface area contributed by atoms with Gasteiger partial charge in [0.05, 0.1) is 27.3 Å². The van der Waals surface area contributed by atoms with Gasteiger partial charge in [0.1, 0.15) is 0 Å².